The molecule has 0 amide bonds. The van der Waals surface area contributed by atoms with E-state index in [9.17, 15) is 0 Å². The lowest BCUT2D eigenvalue weighted by Gasteiger charge is -2.19. The van der Waals surface area contributed by atoms with E-state index < -0.39 is 0 Å². The van der Waals surface area contributed by atoms with Crippen molar-refractivity contribution in [3.05, 3.63) is 46.6 Å². The van der Waals surface area contributed by atoms with Crippen molar-refractivity contribution in [3.63, 3.8) is 0 Å². The topological polar surface area (TPSA) is 51.0 Å². The van der Waals surface area contributed by atoms with Gasteiger partial charge in [0.1, 0.15) is 0 Å². The molecule has 1 atom stereocenters. The number of likely N-dealkylation sites (N-methyl/N-ethyl adjacent to an activating group) is 1. The zero-order chi connectivity index (χ0) is 15.2. The van der Waals surface area contributed by atoms with Gasteiger partial charge >= 0.3 is 0 Å². The van der Waals surface area contributed by atoms with Gasteiger partial charge in [-0.15, -0.1) is 0 Å². The molecule has 0 radical (unpaired) electrons. The molecule has 0 aliphatic carbocycles. The normalized spacial score (nSPS) is 12.8. The van der Waals surface area contributed by atoms with E-state index in [0.717, 1.165) is 23.6 Å². The van der Waals surface area contributed by atoms with Crippen molar-refractivity contribution in [2.75, 3.05) is 6.54 Å². The number of nitrogens with one attached hydrogen (secondary N) is 1. The third kappa shape index (κ3) is 4.83. The van der Waals surface area contributed by atoms with Crippen LogP contribution in [0, 0.1) is 5.92 Å². The Labute approximate surface area is 130 Å². The number of nitrogens with zero attached hydrogens (tertiary/aromatic N) is 2. The highest BCUT2D eigenvalue weighted by Crippen LogP contribution is 2.13. The summed E-state index contributed by atoms with van der Waals surface area (Å²) >= 11 is 5.88. The summed E-state index contributed by atoms with van der Waals surface area (Å²) in [5.41, 5.74) is 1.12. The molecule has 1 unspecified atom stereocenters. The molecule has 2 rings (SSSR count). The molecule has 2 aromatic rings. The maximum atomic E-state index is 5.88. The van der Waals surface area contributed by atoms with Gasteiger partial charge in [0.2, 0.25) is 5.89 Å². The van der Waals surface area contributed by atoms with Gasteiger partial charge < -0.3 is 9.84 Å². The molecule has 0 aliphatic heterocycles. The first kappa shape index (κ1) is 16.0. The molecular weight excluding hydrogens is 286 g/mol. The van der Waals surface area contributed by atoms with E-state index in [4.69, 9.17) is 16.1 Å². The van der Waals surface area contributed by atoms with E-state index in [1.54, 1.807) is 0 Å². The summed E-state index contributed by atoms with van der Waals surface area (Å²) in [5.74, 6) is 1.93. The Bertz CT molecular complexity index is 551. The lowest BCUT2D eigenvalue weighted by molar-refractivity contribution is 0.327. The van der Waals surface area contributed by atoms with E-state index in [1.807, 2.05) is 24.3 Å². The predicted octanol–water partition coefficient (Wildman–Crippen LogP) is 3.49. The minimum atomic E-state index is 0.360. The van der Waals surface area contributed by atoms with Gasteiger partial charge in [0.15, 0.2) is 5.82 Å². The molecule has 1 aromatic heterocycles. The fourth-order valence-corrected chi connectivity index (χ4v) is 2.35. The van der Waals surface area contributed by atoms with Crippen molar-refractivity contribution in [2.45, 2.75) is 39.7 Å². The van der Waals surface area contributed by atoms with Crippen molar-refractivity contribution >= 4 is 11.6 Å². The maximum Gasteiger partial charge on any atom is 0.228 e. The van der Waals surface area contributed by atoms with Crippen LogP contribution in [0.3, 0.4) is 0 Å². The molecule has 1 heterocycles. The van der Waals surface area contributed by atoms with E-state index in [2.05, 4.69) is 36.2 Å². The molecule has 4 nitrogen and oxygen atoms in total. The van der Waals surface area contributed by atoms with Crippen molar-refractivity contribution in [1.82, 2.24) is 15.5 Å². The summed E-state index contributed by atoms with van der Waals surface area (Å²) in [4.78, 5) is 4.48. The van der Waals surface area contributed by atoms with Gasteiger partial charge in [-0.05, 0) is 30.2 Å². The number of aromatic nitrogens is 2. The lowest BCUT2D eigenvalue weighted by Crippen LogP contribution is -2.35. The van der Waals surface area contributed by atoms with Crippen LogP contribution in [-0.4, -0.2) is 22.7 Å². The summed E-state index contributed by atoms with van der Waals surface area (Å²) in [6.07, 6.45) is 1.42. The highest BCUT2D eigenvalue weighted by atomic mass is 35.5. The van der Waals surface area contributed by atoms with Gasteiger partial charge in [0, 0.05) is 23.9 Å². The van der Waals surface area contributed by atoms with Gasteiger partial charge in [-0.3, -0.25) is 0 Å². The fourth-order valence-electron chi connectivity index (χ4n) is 2.22. The first-order valence-corrected chi connectivity index (χ1v) is 7.75. The van der Waals surface area contributed by atoms with Gasteiger partial charge in [0.05, 0.1) is 0 Å². The van der Waals surface area contributed by atoms with Gasteiger partial charge in [-0.1, -0.05) is 49.7 Å². The van der Waals surface area contributed by atoms with Gasteiger partial charge in [-0.2, -0.15) is 4.98 Å². The smallest absolute Gasteiger partial charge is 0.228 e. The Balaban J connectivity index is 1.99. The van der Waals surface area contributed by atoms with E-state index in [1.165, 1.54) is 0 Å². The highest BCUT2D eigenvalue weighted by Gasteiger charge is 2.17. The third-order valence-electron chi connectivity index (χ3n) is 3.45. The zero-order valence-electron chi connectivity index (χ0n) is 12.8. The number of benzene rings is 1. The Morgan fingerprint density at radius 3 is 2.57 bits per heavy atom. The summed E-state index contributed by atoms with van der Waals surface area (Å²) < 4.78 is 5.36. The van der Waals surface area contributed by atoms with Crippen LogP contribution in [-0.2, 0) is 12.8 Å². The minimum absolute atomic E-state index is 0.360. The maximum absolute atomic E-state index is 5.88. The Morgan fingerprint density at radius 2 is 1.95 bits per heavy atom. The number of hydrogen-bond acceptors (Lipinski definition) is 4. The third-order valence-corrected chi connectivity index (χ3v) is 3.70. The van der Waals surface area contributed by atoms with Crippen LogP contribution in [0.2, 0.25) is 5.02 Å². The van der Waals surface area contributed by atoms with Crippen LogP contribution in [0.25, 0.3) is 0 Å². The molecule has 0 aliphatic rings. The van der Waals surface area contributed by atoms with Crippen LogP contribution in [0.5, 0.6) is 0 Å². The van der Waals surface area contributed by atoms with Crippen LogP contribution in [0.1, 0.15) is 38.0 Å². The van der Waals surface area contributed by atoms with Crippen LogP contribution in [0.15, 0.2) is 28.8 Å². The SMILES string of the molecule is CCNC(Cc1nc(Cc2ccc(Cl)cc2)no1)C(C)C. The standard InChI is InChI=1S/C16H22ClN3O/c1-4-18-14(11(2)3)10-16-19-15(20-21-16)9-12-5-7-13(17)8-6-12/h5-8,11,14,18H,4,9-10H2,1-3H3. The second-order valence-electron chi connectivity index (χ2n) is 5.52. The zero-order valence-corrected chi connectivity index (χ0v) is 13.5. The molecule has 1 aromatic carbocycles. The highest BCUT2D eigenvalue weighted by molar-refractivity contribution is 6.30. The summed E-state index contributed by atoms with van der Waals surface area (Å²) in [5, 5.41) is 8.25. The summed E-state index contributed by atoms with van der Waals surface area (Å²) in [7, 11) is 0. The largest absolute Gasteiger partial charge is 0.339 e. The van der Waals surface area contributed by atoms with E-state index in [-0.39, 0.29) is 0 Å². The molecule has 1 N–H and O–H groups in total. The van der Waals surface area contributed by atoms with Crippen molar-refractivity contribution in [3.8, 4) is 0 Å². The van der Waals surface area contributed by atoms with Crippen molar-refractivity contribution < 1.29 is 4.52 Å². The second-order valence-corrected chi connectivity index (χ2v) is 5.96. The second kappa shape index (κ2) is 7.57. The van der Waals surface area contributed by atoms with Crippen LogP contribution >= 0.6 is 11.6 Å². The molecule has 114 valence electrons. The number of halogens is 1. The Morgan fingerprint density at radius 1 is 1.24 bits per heavy atom. The Kier molecular flexibility index (Phi) is 5.76. The molecule has 5 heteroatoms. The van der Waals surface area contributed by atoms with Crippen LogP contribution in [0.4, 0.5) is 0 Å². The fraction of sp³-hybridized carbons (Fsp3) is 0.500. The first-order valence-electron chi connectivity index (χ1n) is 7.37. The molecule has 0 saturated heterocycles. The molecule has 0 fully saturated rings. The van der Waals surface area contributed by atoms with Crippen molar-refractivity contribution in [2.24, 2.45) is 5.92 Å². The Hall–Kier alpha value is -1.39. The molecule has 21 heavy (non-hydrogen) atoms. The molecule has 0 bridgehead atoms. The van der Waals surface area contributed by atoms with Crippen LogP contribution < -0.4 is 5.32 Å². The predicted molar refractivity (Wildman–Crippen MR) is 84.6 cm³/mol. The first-order chi connectivity index (χ1) is 10.1. The monoisotopic (exact) mass is 307 g/mol. The summed E-state index contributed by atoms with van der Waals surface area (Å²) in [6.45, 7) is 7.43. The van der Waals surface area contributed by atoms with Crippen molar-refractivity contribution in [1.29, 1.82) is 0 Å². The quantitative estimate of drug-likeness (QED) is 0.850. The van der Waals surface area contributed by atoms with Gasteiger partial charge in [0.25, 0.3) is 0 Å². The number of hydrogen-bond donors (Lipinski definition) is 1. The summed E-state index contributed by atoms with van der Waals surface area (Å²) in [6, 6.07) is 8.07. The van der Waals surface area contributed by atoms with E-state index in [0.29, 0.717) is 30.1 Å². The lowest BCUT2D eigenvalue weighted by atomic mass is 10.0. The van der Waals surface area contributed by atoms with E-state index >= 15 is 0 Å². The average molecular weight is 308 g/mol. The molecule has 0 spiro atoms. The number of rotatable bonds is 7. The average Bonchev–Trinajstić information content (AvgIpc) is 2.88. The minimum Gasteiger partial charge on any atom is -0.339 e. The molecular formula is C16H22ClN3O. The molecule has 0 saturated carbocycles. The van der Waals surface area contributed by atoms with Gasteiger partial charge in [-0.25, -0.2) is 0 Å².